The highest BCUT2D eigenvalue weighted by Crippen LogP contribution is 2.24. The van der Waals surface area contributed by atoms with Crippen LogP contribution in [0.3, 0.4) is 0 Å². The number of carbonyl (C=O) groups excluding carboxylic acids is 1. The highest BCUT2D eigenvalue weighted by Gasteiger charge is 2.44. The van der Waals surface area contributed by atoms with Crippen LogP contribution in [0.4, 0.5) is 0 Å². The van der Waals surface area contributed by atoms with Crippen LogP contribution in [-0.4, -0.2) is 49.6 Å². The molecule has 4 unspecified atom stereocenters. The Kier molecular flexibility index (Phi) is 4.01. The van der Waals surface area contributed by atoms with Crippen LogP contribution in [0.5, 0.6) is 0 Å². The third-order valence-electron chi connectivity index (χ3n) is 3.66. The molecule has 0 saturated carbocycles. The summed E-state index contributed by atoms with van der Waals surface area (Å²) in [6, 6.07) is 0. The molecule has 2 heterocycles. The van der Waals surface area contributed by atoms with Gasteiger partial charge in [0.2, 0.25) is 5.91 Å². The lowest BCUT2D eigenvalue weighted by Gasteiger charge is -2.30. The third kappa shape index (κ3) is 2.46. The lowest BCUT2D eigenvalue weighted by atomic mass is 10.0. The average Bonchev–Trinajstić information content (AvgIpc) is 2.89. The predicted octanol–water partition coefficient (Wildman–Crippen LogP) is 0.552. The van der Waals surface area contributed by atoms with E-state index in [9.17, 15) is 4.79 Å². The SMILES string of the molecule is CCCC(C)C(=O)N(C)C1NCC2OCOC21. The molecule has 2 aliphatic heterocycles. The quantitative estimate of drug-likeness (QED) is 0.782. The van der Waals surface area contributed by atoms with Gasteiger partial charge >= 0.3 is 0 Å². The molecule has 0 aromatic rings. The average molecular weight is 242 g/mol. The Balaban J connectivity index is 1.95. The van der Waals surface area contributed by atoms with Crippen molar-refractivity contribution in [1.29, 1.82) is 0 Å². The van der Waals surface area contributed by atoms with E-state index in [0.29, 0.717) is 6.79 Å². The summed E-state index contributed by atoms with van der Waals surface area (Å²) in [7, 11) is 1.84. The number of ether oxygens (including phenoxy) is 2. The molecule has 2 saturated heterocycles. The van der Waals surface area contributed by atoms with Crippen LogP contribution in [0.15, 0.2) is 0 Å². The van der Waals surface area contributed by atoms with Gasteiger partial charge in [-0.1, -0.05) is 20.3 Å². The van der Waals surface area contributed by atoms with Gasteiger partial charge in [0.25, 0.3) is 0 Å². The highest BCUT2D eigenvalue weighted by atomic mass is 16.7. The Morgan fingerprint density at radius 1 is 1.53 bits per heavy atom. The molecule has 0 radical (unpaired) electrons. The summed E-state index contributed by atoms with van der Waals surface area (Å²) >= 11 is 0. The second kappa shape index (κ2) is 5.33. The fraction of sp³-hybridized carbons (Fsp3) is 0.917. The van der Waals surface area contributed by atoms with Gasteiger partial charge in [-0.3, -0.25) is 10.1 Å². The molecule has 0 spiro atoms. The molecule has 0 aliphatic carbocycles. The molecular formula is C12H22N2O3. The van der Waals surface area contributed by atoms with E-state index in [1.54, 1.807) is 4.90 Å². The highest BCUT2D eigenvalue weighted by molar-refractivity contribution is 5.78. The van der Waals surface area contributed by atoms with Gasteiger partial charge in [-0.15, -0.1) is 0 Å². The van der Waals surface area contributed by atoms with Gasteiger partial charge in [0.05, 0.1) is 0 Å². The van der Waals surface area contributed by atoms with Crippen molar-refractivity contribution in [2.45, 2.75) is 45.1 Å². The molecule has 1 amide bonds. The Morgan fingerprint density at radius 2 is 2.29 bits per heavy atom. The van der Waals surface area contributed by atoms with Gasteiger partial charge in [0.1, 0.15) is 25.2 Å². The Bertz CT molecular complexity index is 285. The van der Waals surface area contributed by atoms with Crippen LogP contribution in [-0.2, 0) is 14.3 Å². The van der Waals surface area contributed by atoms with Crippen molar-refractivity contribution in [2.24, 2.45) is 5.92 Å². The second-order valence-electron chi connectivity index (χ2n) is 4.95. The molecule has 0 aromatic heterocycles. The van der Waals surface area contributed by atoms with E-state index in [1.807, 2.05) is 14.0 Å². The summed E-state index contributed by atoms with van der Waals surface area (Å²) in [4.78, 5) is 14.0. The summed E-state index contributed by atoms with van der Waals surface area (Å²) in [5.74, 6) is 0.258. The smallest absolute Gasteiger partial charge is 0.226 e. The van der Waals surface area contributed by atoms with E-state index in [0.717, 1.165) is 19.4 Å². The summed E-state index contributed by atoms with van der Waals surface area (Å²) < 4.78 is 10.9. The Morgan fingerprint density at radius 3 is 3.00 bits per heavy atom. The largest absolute Gasteiger partial charge is 0.348 e. The molecule has 17 heavy (non-hydrogen) atoms. The summed E-state index contributed by atoms with van der Waals surface area (Å²) in [5, 5.41) is 3.29. The maximum atomic E-state index is 12.2. The van der Waals surface area contributed by atoms with Gasteiger partial charge in [0.15, 0.2) is 0 Å². The van der Waals surface area contributed by atoms with E-state index >= 15 is 0 Å². The molecule has 4 atom stereocenters. The zero-order valence-corrected chi connectivity index (χ0v) is 10.8. The van der Waals surface area contributed by atoms with Crippen LogP contribution in [0, 0.1) is 5.92 Å². The fourth-order valence-corrected chi connectivity index (χ4v) is 2.63. The molecular weight excluding hydrogens is 220 g/mol. The van der Waals surface area contributed by atoms with Gasteiger partial charge < -0.3 is 14.4 Å². The fourth-order valence-electron chi connectivity index (χ4n) is 2.63. The van der Waals surface area contributed by atoms with Crippen molar-refractivity contribution in [2.75, 3.05) is 20.4 Å². The summed E-state index contributed by atoms with van der Waals surface area (Å²) in [6.07, 6.45) is 2.00. The van der Waals surface area contributed by atoms with Crippen LogP contribution < -0.4 is 5.32 Å². The number of hydrogen-bond acceptors (Lipinski definition) is 4. The van der Waals surface area contributed by atoms with Crippen molar-refractivity contribution >= 4 is 5.91 Å². The first-order chi connectivity index (χ1) is 8.15. The first-order valence-corrected chi connectivity index (χ1v) is 6.38. The van der Waals surface area contributed by atoms with Gasteiger partial charge in [-0.25, -0.2) is 0 Å². The zero-order valence-electron chi connectivity index (χ0n) is 10.8. The first-order valence-electron chi connectivity index (χ1n) is 6.38. The van der Waals surface area contributed by atoms with Crippen molar-refractivity contribution in [1.82, 2.24) is 10.2 Å². The zero-order chi connectivity index (χ0) is 12.4. The maximum Gasteiger partial charge on any atom is 0.226 e. The molecule has 5 heteroatoms. The Labute approximate surface area is 102 Å². The monoisotopic (exact) mass is 242 g/mol. The standard InChI is InChI=1S/C12H22N2O3/c1-4-5-8(2)12(15)14(3)11-10-9(6-13-11)16-7-17-10/h8-11,13H,4-7H2,1-3H3. The first kappa shape index (κ1) is 12.8. The van der Waals surface area contributed by atoms with Gasteiger partial charge in [0, 0.05) is 19.5 Å². The lowest BCUT2D eigenvalue weighted by molar-refractivity contribution is -0.138. The number of amides is 1. The van der Waals surface area contributed by atoms with Crippen molar-refractivity contribution in [3.63, 3.8) is 0 Å². The summed E-state index contributed by atoms with van der Waals surface area (Å²) in [6.45, 7) is 5.19. The molecule has 0 aromatic carbocycles. The third-order valence-corrected chi connectivity index (χ3v) is 3.66. The number of nitrogens with zero attached hydrogens (tertiary/aromatic N) is 1. The number of hydrogen-bond donors (Lipinski definition) is 1. The van der Waals surface area contributed by atoms with Crippen molar-refractivity contribution < 1.29 is 14.3 Å². The minimum atomic E-state index is -0.0469. The van der Waals surface area contributed by atoms with Crippen LogP contribution in [0.2, 0.25) is 0 Å². The van der Waals surface area contributed by atoms with E-state index in [-0.39, 0.29) is 30.2 Å². The predicted molar refractivity (Wildman–Crippen MR) is 63.2 cm³/mol. The maximum absolute atomic E-state index is 12.2. The van der Waals surface area contributed by atoms with Gasteiger partial charge in [-0.2, -0.15) is 0 Å². The molecule has 98 valence electrons. The number of fused-ring (bicyclic) bond motifs is 1. The molecule has 2 rings (SSSR count). The Hall–Kier alpha value is -0.650. The minimum absolute atomic E-state index is 0.0159. The van der Waals surface area contributed by atoms with Crippen LogP contribution >= 0.6 is 0 Å². The second-order valence-corrected chi connectivity index (χ2v) is 4.95. The number of nitrogens with one attached hydrogen (secondary N) is 1. The van der Waals surface area contributed by atoms with E-state index in [1.165, 1.54) is 0 Å². The minimum Gasteiger partial charge on any atom is -0.348 e. The number of rotatable bonds is 4. The number of likely N-dealkylation sites (N-methyl/N-ethyl adjacent to an activating group) is 1. The van der Waals surface area contributed by atoms with Gasteiger partial charge in [-0.05, 0) is 6.42 Å². The van der Waals surface area contributed by atoms with Crippen molar-refractivity contribution in [3.8, 4) is 0 Å². The van der Waals surface area contributed by atoms with Crippen LogP contribution in [0.1, 0.15) is 26.7 Å². The summed E-state index contributed by atoms with van der Waals surface area (Å²) in [5.41, 5.74) is 0. The molecule has 2 aliphatic rings. The number of carbonyl (C=O) groups is 1. The molecule has 1 N–H and O–H groups in total. The van der Waals surface area contributed by atoms with E-state index in [4.69, 9.17) is 9.47 Å². The van der Waals surface area contributed by atoms with Crippen molar-refractivity contribution in [3.05, 3.63) is 0 Å². The molecule has 0 bridgehead atoms. The van der Waals surface area contributed by atoms with Crippen LogP contribution in [0.25, 0.3) is 0 Å². The lowest BCUT2D eigenvalue weighted by Crippen LogP contribution is -2.50. The van der Waals surface area contributed by atoms with E-state index < -0.39 is 0 Å². The topological polar surface area (TPSA) is 50.8 Å². The van der Waals surface area contributed by atoms with E-state index in [2.05, 4.69) is 12.2 Å². The molecule has 2 fully saturated rings. The molecule has 5 nitrogen and oxygen atoms in total. The normalized spacial score (nSPS) is 33.5.